The van der Waals surface area contributed by atoms with Gasteiger partial charge in [-0.3, -0.25) is 9.36 Å². The average molecular weight is 427 g/mol. The molecule has 126 valence electrons. The molecule has 0 amide bonds. The molecule has 2 heterocycles. The highest BCUT2D eigenvalue weighted by Gasteiger charge is 2.16. The minimum atomic E-state index is -3.45. The van der Waals surface area contributed by atoms with E-state index in [1.165, 1.54) is 22.2 Å². The summed E-state index contributed by atoms with van der Waals surface area (Å²) in [4.78, 5) is 18.8. The van der Waals surface area contributed by atoms with Gasteiger partial charge in [0.05, 0.1) is 22.4 Å². The Labute approximate surface area is 152 Å². The summed E-state index contributed by atoms with van der Waals surface area (Å²) in [6.45, 7) is 2.10. The second-order valence-electron chi connectivity index (χ2n) is 5.30. The zero-order chi connectivity index (χ0) is 17.3. The molecular weight excluding hydrogens is 412 g/mol. The standard InChI is InChI=1S/C16H15BrN2O3S2/c1-2-12-9-14-15(23-12)18-10-19(16(14)20)7-8-24(21,22)13-5-3-11(17)4-6-13/h3-6,9-10H,2,7-8H2,1H3. The van der Waals surface area contributed by atoms with Gasteiger partial charge in [-0.05, 0) is 36.8 Å². The Morgan fingerprint density at radius 1 is 1.25 bits per heavy atom. The summed E-state index contributed by atoms with van der Waals surface area (Å²) in [6, 6.07) is 8.32. The van der Waals surface area contributed by atoms with Crippen LogP contribution < -0.4 is 5.56 Å². The van der Waals surface area contributed by atoms with E-state index < -0.39 is 9.84 Å². The quantitative estimate of drug-likeness (QED) is 0.627. The van der Waals surface area contributed by atoms with Crippen molar-refractivity contribution in [2.45, 2.75) is 24.8 Å². The molecule has 0 unspecified atom stereocenters. The van der Waals surface area contributed by atoms with E-state index in [9.17, 15) is 13.2 Å². The van der Waals surface area contributed by atoms with Crippen molar-refractivity contribution in [2.75, 3.05) is 5.75 Å². The highest BCUT2D eigenvalue weighted by molar-refractivity contribution is 9.10. The van der Waals surface area contributed by atoms with E-state index in [1.54, 1.807) is 24.3 Å². The third kappa shape index (κ3) is 3.45. The Balaban J connectivity index is 1.86. The van der Waals surface area contributed by atoms with E-state index in [1.807, 2.05) is 13.0 Å². The zero-order valence-electron chi connectivity index (χ0n) is 12.9. The van der Waals surface area contributed by atoms with Crippen LogP contribution in [0.1, 0.15) is 11.8 Å². The lowest BCUT2D eigenvalue weighted by Crippen LogP contribution is -2.24. The second-order valence-corrected chi connectivity index (χ2v) is 9.44. The first-order valence-corrected chi connectivity index (χ1v) is 10.6. The summed E-state index contributed by atoms with van der Waals surface area (Å²) in [5.41, 5.74) is -0.193. The number of hydrogen-bond acceptors (Lipinski definition) is 5. The van der Waals surface area contributed by atoms with Gasteiger partial charge in [0, 0.05) is 15.9 Å². The van der Waals surface area contributed by atoms with Crippen molar-refractivity contribution in [1.82, 2.24) is 9.55 Å². The molecule has 3 aromatic rings. The lowest BCUT2D eigenvalue weighted by molar-refractivity contribution is 0.587. The molecule has 0 atom stereocenters. The van der Waals surface area contributed by atoms with Gasteiger partial charge in [-0.25, -0.2) is 13.4 Å². The molecule has 0 saturated heterocycles. The van der Waals surface area contributed by atoms with Crippen LogP contribution in [-0.4, -0.2) is 23.7 Å². The van der Waals surface area contributed by atoms with Gasteiger partial charge in [-0.15, -0.1) is 11.3 Å². The van der Waals surface area contributed by atoms with Gasteiger partial charge >= 0.3 is 0 Å². The van der Waals surface area contributed by atoms with Gasteiger partial charge in [-0.1, -0.05) is 22.9 Å². The predicted octanol–water partition coefficient (Wildman–Crippen LogP) is 3.26. The van der Waals surface area contributed by atoms with Gasteiger partial charge in [-0.2, -0.15) is 0 Å². The normalized spacial score (nSPS) is 11.9. The number of hydrogen-bond donors (Lipinski definition) is 0. The van der Waals surface area contributed by atoms with E-state index >= 15 is 0 Å². The van der Waals surface area contributed by atoms with Crippen LogP contribution in [0.4, 0.5) is 0 Å². The van der Waals surface area contributed by atoms with Crippen LogP contribution in [0, 0.1) is 0 Å². The van der Waals surface area contributed by atoms with Gasteiger partial charge in [0.25, 0.3) is 5.56 Å². The number of nitrogens with zero attached hydrogens (tertiary/aromatic N) is 2. The molecule has 0 aliphatic rings. The van der Waals surface area contributed by atoms with Crippen molar-refractivity contribution in [3.8, 4) is 0 Å². The number of fused-ring (bicyclic) bond motifs is 1. The van der Waals surface area contributed by atoms with E-state index in [0.29, 0.717) is 10.2 Å². The van der Waals surface area contributed by atoms with Crippen molar-refractivity contribution in [2.24, 2.45) is 0 Å². The van der Waals surface area contributed by atoms with Crippen molar-refractivity contribution < 1.29 is 8.42 Å². The third-order valence-corrected chi connectivity index (χ3v) is 7.12. The topological polar surface area (TPSA) is 69.0 Å². The fraction of sp³-hybridized carbons (Fsp3) is 0.250. The van der Waals surface area contributed by atoms with Crippen LogP contribution in [-0.2, 0) is 22.8 Å². The van der Waals surface area contributed by atoms with Crippen molar-refractivity contribution in [1.29, 1.82) is 0 Å². The van der Waals surface area contributed by atoms with E-state index in [4.69, 9.17) is 0 Å². The number of halogens is 1. The van der Waals surface area contributed by atoms with Crippen LogP contribution in [0.15, 0.2) is 50.8 Å². The lowest BCUT2D eigenvalue weighted by Gasteiger charge is -2.07. The largest absolute Gasteiger partial charge is 0.298 e. The minimum absolute atomic E-state index is 0.0808. The molecule has 0 spiro atoms. The Bertz CT molecular complexity index is 1040. The number of sulfone groups is 1. The van der Waals surface area contributed by atoms with Gasteiger partial charge in [0.2, 0.25) is 0 Å². The second kappa shape index (κ2) is 6.78. The summed E-state index contributed by atoms with van der Waals surface area (Å²) in [6.07, 6.45) is 2.27. The summed E-state index contributed by atoms with van der Waals surface area (Å²) < 4.78 is 27.0. The molecule has 5 nitrogen and oxygen atoms in total. The number of thiophene rings is 1. The van der Waals surface area contributed by atoms with Crippen LogP contribution in [0.3, 0.4) is 0 Å². The summed E-state index contributed by atoms with van der Waals surface area (Å²) in [7, 11) is -3.45. The first-order chi connectivity index (χ1) is 11.4. The Kier molecular flexibility index (Phi) is 4.89. The first-order valence-electron chi connectivity index (χ1n) is 7.37. The highest BCUT2D eigenvalue weighted by atomic mass is 79.9. The first kappa shape index (κ1) is 17.3. The molecule has 2 aromatic heterocycles. The average Bonchev–Trinajstić information content (AvgIpc) is 2.99. The van der Waals surface area contributed by atoms with Crippen LogP contribution >= 0.6 is 27.3 Å². The molecular formula is C16H15BrN2O3S2. The fourth-order valence-corrected chi connectivity index (χ4v) is 4.73. The number of rotatable bonds is 5. The Morgan fingerprint density at radius 3 is 2.62 bits per heavy atom. The predicted molar refractivity (Wildman–Crippen MR) is 99.5 cm³/mol. The number of aromatic nitrogens is 2. The summed E-state index contributed by atoms with van der Waals surface area (Å²) in [5, 5.41) is 0.556. The molecule has 0 saturated carbocycles. The third-order valence-electron chi connectivity index (χ3n) is 3.69. The Morgan fingerprint density at radius 2 is 1.96 bits per heavy atom. The SMILES string of the molecule is CCc1cc2c(=O)n(CCS(=O)(=O)c3ccc(Br)cc3)cnc2s1. The van der Waals surface area contributed by atoms with Crippen molar-refractivity contribution in [3.63, 3.8) is 0 Å². The van der Waals surface area contributed by atoms with E-state index in [2.05, 4.69) is 20.9 Å². The van der Waals surface area contributed by atoms with Gasteiger partial charge in [0.1, 0.15) is 4.83 Å². The van der Waals surface area contributed by atoms with Crippen LogP contribution in [0.2, 0.25) is 0 Å². The number of benzene rings is 1. The molecule has 0 aliphatic carbocycles. The fourth-order valence-electron chi connectivity index (χ4n) is 2.32. The van der Waals surface area contributed by atoms with E-state index in [0.717, 1.165) is 15.8 Å². The molecule has 24 heavy (non-hydrogen) atoms. The zero-order valence-corrected chi connectivity index (χ0v) is 16.1. The smallest absolute Gasteiger partial charge is 0.262 e. The highest BCUT2D eigenvalue weighted by Crippen LogP contribution is 2.21. The summed E-state index contributed by atoms with van der Waals surface area (Å²) >= 11 is 4.78. The molecule has 8 heteroatoms. The van der Waals surface area contributed by atoms with Gasteiger partial charge < -0.3 is 0 Å². The maximum Gasteiger partial charge on any atom is 0.262 e. The molecule has 0 radical (unpaired) electrons. The molecule has 0 N–H and O–H groups in total. The molecule has 1 aromatic carbocycles. The van der Waals surface area contributed by atoms with Crippen molar-refractivity contribution >= 4 is 47.3 Å². The monoisotopic (exact) mass is 426 g/mol. The van der Waals surface area contributed by atoms with Crippen LogP contribution in [0.5, 0.6) is 0 Å². The number of aryl methyl sites for hydroxylation is 2. The van der Waals surface area contributed by atoms with Crippen LogP contribution in [0.25, 0.3) is 10.2 Å². The molecule has 3 rings (SSSR count). The van der Waals surface area contributed by atoms with E-state index in [-0.39, 0.29) is 22.8 Å². The Hall–Kier alpha value is -1.51. The lowest BCUT2D eigenvalue weighted by atomic mass is 10.3. The molecule has 0 aliphatic heterocycles. The maximum atomic E-state index is 12.5. The maximum absolute atomic E-state index is 12.5. The van der Waals surface area contributed by atoms with Crippen molar-refractivity contribution in [3.05, 3.63) is 56.4 Å². The van der Waals surface area contributed by atoms with Gasteiger partial charge in [0.15, 0.2) is 9.84 Å². The minimum Gasteiger partial charge on any atom is -0.298 e. The molecule has 0 fully saturated rings. The summed E-state index contributed by atoms with van der Waals surface area (Å²) in [5.74, 6) is -0.146. The molecule has 0 bridgehead atoms.